The highest BCUT2D eigenvalue weighted by molar-refractivity contribution is 5.95. The molecule has 86 valence electrons. The molecule has 0 aliphatic heterocycles. The van der Waals surface area contributed by atoms with Gasteiger partial charge in [-0.15, -0.1) is 0 Å². The molecule has 1 aromatic heterocycles. The summed E-state index contributed by atoms with van der Waals surface area (Å²) in [4.78, 5) is 14.8. The van der Waals surface area contributed by atoms with E-state index in [1.165, 1.54) is 6.07 Å². The van der Waals surface area contributed by atoms with Gasteiger partial charge < -0.3 is 0 Å². The summed E-state index contributed by atoms with van der Waals surface area (Å²) in [6, 6.07) is 6.72. The zero-order chi connectivity index (χ0) is 12.4. The van der Waals surface area contributed by atoms with Gasteiger partial charge in [0.1, 0.15) is 0 Å². The minimum absolute atomic E-state index is 0.119. The Morgan fingerprint density at radius 3 is 2.71 bits per heavy atom. The standard InChI is InChI=1S/C13H12N2O2/c1-9(2)8-12-10-4-3-5-13(15(16)17)11(10)6-7-14-12/h3-8H,1-2H3. The molecule has 0 unspecified atom stereocenters. The molecule has 0 aliphatic rings. The number of non-ortho nitro benzene ring substituents is 1. The summed E-state index contributed by atoms with van der Waals surface area (Å²) in [7, 11) is 0. The van der Waals surface area contributed by atoms with E-state index in [1.807, 2.05) is 26.0 Å². The van der Waals surface area contributed by atoms with Crippen LogP contribution >= 0.6 is 0 Å². The zero-order valence-electron chi connectivity index (χ0n) is 9.68. The van der Waals surface area contributed by atoms with Gasteiger partial charge in [0.15, 0.2) is 0 Å². The summed E-state index contributed by atoms with van der Waals surface area (Å²) >= 11 is 0. The van der Waals surface area contributed by atoms with Crippen LogP contribution in [0.1, 0.15) is 19.5 Å². The Labute approximate surface area is 98.8 Å². The Balaban J connectivity index is 2.79. The highest BCUT2D eigenvalue weighted by Crippen LogP contribution is 2.27. The Hall–Kier alpha value is -2.23. The molecule has 2 rings (SSSR count). The van der Waals surface area contributed by atoms with Crippen molar-refractivity contribution in [3.05, 3.63) is 51.8 Å². The van der Waals surface area contributed by atoms with Gasteiger partial charge in [-0.1, -0.05) is 17.7 Å². The highest BCUT2D eigenvalue weighted by Gasteiger charge is 2.12. The number of aromatic nitrogens is 1. The molecule has 0 N–H and O–H groups in total. The Morgan fingerprint density at radius 2 is 2.06 bits per heavy atom. The number of hydrogen-bond acceptors (Lipinski definition) is 3. The molecular weight excluding hydrogens is 216 g/mol. The second kappa shape index (κ2) is 4.33. The minimum Gasteiger partial charge on any atom is -0.258 e. The quantitative estimate of drug-likeness (QED) is 0.583. The van der Waals surface area contributed by atoms with E-state index in [4.69, 9.17) is 0 Å². The van der Waals surface area contributed by atoms with Crippen molar-refractivity contribution in [1.29, 1.82) is 0 Å². The van der Waals surface area contributed by atoms with Crippen molar-refractivity contribution >= 4 is 22.5 Å². The van der Waals surface area contributed by atoms with Crippen LogP contribution < -0.4 is 0 Å². The molecule has 0 fully saturated rings. The predicted molar refractivity (Wildman–Crippen MR) is 67.7 cm³/mol. The molecule has 0 radical (unpaired) electrons. The number of pyridine rings is 1. The summed E-state index contributed by atoms with van der Waals surface area (Å²) in [5, 5.41) is 12.4. The third-order valence-corrected chi connectivity index (χ3v) is 2.44. The average molecular weight is 228 g/mol. The molecule has 0 amide bonds. The fraction of sp³-hybridized carbons (Fsp3) is 0.154. The Bertz CT molecular complexity index is 614. The number of hydrogen-bond donors (Lipinski definition) is 0. The fourth-order valence-electron chi connectivity index (χ4n) is 1.76. The summed E-state index contributed by atoms with van der Waals surface area (Å²) in [5.41, 5.74) is 2.00. The third-order valence-electron chi connectivity index (χ3n) is 2.44. The molecule has 1 heterocycles. The summed E-state index contributed by atoms with van der Waals surface area (Å²) in [5.74, 6) is 0. The number of nitrogens with zero attached hydrogens (tertiary/aromatic N) is 2. The molecule has 0 aliphatic carbocycles. The lowest BCUT2D eigenvalue weighted by Crippen LogP contribution is -1.91. The number of nitro benzene ring substituents is 1. The molecule has 0 atom stereocenters. The number of rotatable bonds is 2. The van der Waals surface area contributed by atoms with E-state index in [2.05, 4.69) is 4.98 Å². The van der Waals surface area contributed by atoms with E-state index in [9.17, 15) is 10.1 Å². The largest absolute Gasteiger partial charge is 0.277 e. The SMILES string of the molecule is CC(C)=Cc1nccc2c([N+](=O)[O-])cccc12. The average Bonchev–Trinajstić information content (AvgIpc) is 2.28. The predicted octanol–water partition coefficient (Wildman–Crippen LogP) is 3.57. The lowest BCUT2D eigenvalue weighted by Gasteiger charge is -2.02. The molecule has 4 heteroatoms. The van der Waals surface area contributed by atoms with E-state index in [0.29, 0.717) is 5.39 Å². The highest BCUT2D eigenvalue weighted by atomic mass is 16.6. The second-order valence-electron chi connectivity index (χ2n) is 4.05. The van der Waals surface area contributed by atoms with E-state index < -0.39 is 0 Å². The van der Waals surface area contributed by atoms with E-state index in [-0.39, 0.29) is 10.6 Å². The maximum absolute atomic E-state index is 10.9. The molecule has 0 saturated carbocycles. The number of fused-ring (bicyclic) bond motifs is 1. The molecule has 2 aromatic rings. The van der Waals surface area contributed by atoms with Gasteiger partial charge in [-0.25, -0.2) is 0 Å². The topological polar surface area (TPSA) is 56.0 Å². The summed E-state index contributed by atoms with van der Waals surface area (Å²) in [6.07, 6.45) is 3.52. The van der Waals surface area contributed by atoms with Gasteiger partial charge in [0.2, 0.25) is 0 Å². The zero-order valence-corrected chi connectivity index (χ0v) is 9.68. The van der Waals surface area contributed by atoms with Crippen LogP contribution in [-0.2, 0) is 0 Å². The van der Waals surface area contributed by atoms with Crippen molar-refractivity contribution in [2.45, 2.75) is 13.8 Å². The van der Waals surface area contributed by atoms with Crippen LogP contribution in [0.25, 0.3) is 16.8 Å². The van der Waals surface area contributed by atoms with Gasteiger partial charge in [-0.2, -0.15) is 0 Å². The molecule has 4 nitrogen and oxygen atoms in total. The van der Waals surface area contributed by atoms with Crippen molar-refractivity contribution in [3.8, 4) is 0 Å². The summed E-state index contributed by atoms with van der Waals surface area (Å²) < 4.78 is 0. The summed E-state index contributed by atoms with van der Waals surface area (Å²) in [6.45, 7) is 3.94. The maximum atomic E-state index is 10.9. The normalized spacial score (nSPS) is 10.2. The Kier molecular flexibility index (Phi) is 2.87. The number of nitro groups is 1. The molecule has 0 bridgehead atoms. The van der Waals surface area contributed by atoms with Crippen molar-refractivity contribution in [2.24, 2.45) is 0 Å². The molecular formula is C13H12N2O2. The van der Waals surface area contributed by atoms with Crippen LogP contribution in [0, 0.1) is 10.1 Å². The van der Waals surface area contributed by atoms with Crippen molar-refractivity contribution in [1.82, 2.24) is 4.98 Å². The first kappa shape index (κ1) is 11.3. The van der Waals surface area contributed by atoms with Crippen molar-refractivity contribution in [3.63, 3.8) is 0 Å². The lowest BCUT2D eigenvalue weighted by atomic mass is 10.1. The van der Waals surface area contributed by atoms with Crippen LogP contribution in [-0.4, -0.2) is 9.91 Å². The van der Waals surface area contributed by atoms with Gasteiger partial charge in [-0.3, -0.25) is 15.1 Å². The first-order valence-electron chi connectivity index (χ1n) is 5.26. The first-order valence-corrected chi connectivity index (χ1v) is 5.26. The van der Waals surface area contributed by atoms with E-state index in [1.54, 1.807) is 18.3 Å². The van der Waals surface area contributed by atoms with E-state index in [0.717, 1.165) is 16.7 Å². The van der Waals surface area contributed by atoms with Crippen LogP contribution in [0.5, 0.6) is 0 Å². The Morgan fingerprint density at radius 1 is 1.29 bits per heavy atom. The minimum atomic E-state index is -0.366. The fourth-order valence-corrected chi connectivity index (χ4v) is 1.76. The molecule has 0 spiro atoms. The second-order valence-corrected chi connectivity index (χ2v) is 4.05. The molecule has 1 aromatic carbocycles. The first-order chi connectivity index (χ1) is 8.09. The monoisotopic (exact) mass is 228 g/mol. The van der Waals surface area contributed by atoms with Gasteiger partial charge in [0.05, 0.1) is 16.0 Å². The van der Waals surface area contributed by atoms with Gasteiger partial charge in [0, 0.05) is 17.6 Å². The smallest absolute Gasteiger partial charge is 0.258 e. The lowest BCUT2D eigenvalue weighted by molar-refractivity contribution is -0.383. The van der Waals surface area contributed by atoms with Gasteiger partial charge in [0.25, 0.3) is 5.69 Å². The molecule has 17 heavy (non-hydrogen) atoms. The van der Waals surface area contributed by atoms with Gasteiger partial charge >= 0.3 is 0 Å². The van der Waals surface area contributed by atoms with Crippen LogP contribution in [0.2, 0.25) is 0 Å². The number of allylic oxidation sites excluding steroid dienone is 1. The van der Waals surface area contributed by atoms with Crippen LogP contribution in [0.4, 0.5) is 5.69 Å². The van der Waals surface area contributed by atoms with E-state index >= 15 is 0 Å². The molecule has 0 saturated heterocycles. The van der Waals surface area contributed by atoms with Crippen LogP contribution in [0.15, 0.2) is 36.0 Å². The van der Waals surface area contributed by atoms with Crippen molar-refractivity contribution in [2.75, 3.05) is 0 Å². The van der Waals surface area contributed by atoms with Crippen molar-refractivity contribution < 1.29 is 4.92 Å². The number of benzene rings is 1. The van der Waals surface area contributed by atoms with Crippen LogP contribution in [0.3, 0.4) is 0 Å². The maximum Gasteiger partial charge on any atom is 0.277 e. The van der Waals surface area contributed by atoms with Gasteiger partial charge in [-0.05, 0) is 26.0 Å². The third kappa shape index (κ3) is 2.15.